The zero-order valence-electron chi connectivity index (χ0n) is 11.8. The Morgan fingerprint density at radius 3 is 1.90 bits per heavy atom. The van der Waals surface area contributed by atoms with Crippen molar-refractivity contribution in [1.82, 2.24) is 14.7 Å². The molecule has 20 heavy (non-hydrogen) atoms. The fourth-order valence-electron chi connectivity index (χ4n) is 1.36. The molecule has 0 radical (unpaired) electrons. The van der Waals surface area contributed by atoms with Crippen molar-refractivity contribution in [3.05, 3.63) is 0 Å². The van der Waals surface area contributed by atoms with E-state index in [-0.39, 0.29) is 19.0 Å². The number of carboxylic acids is 1. The SMILES string of the molecule is CCN(CC(=O)N(C)C)C(=O)N(CC(N)=O)CC(=O)O. The second-order valence-electron chi connectivity index (χ2n) is 4.30. The Balaban J connectivity index is 4.93. The van der Waals surface area contributed by atoms with E-state index in [1.165, 1.54) is 4.90 Å². The van der Waals surface area contributed by atoms with E-state index in [9.17, 15) is 19.2 Å². The predicted octanol–water partition coefficient (Wildman–Crippen LogP) is -1.61. The van der Waals surface area contributed by atoms with E-state index in [1.807, 2.05) is 0 Å². The van der Waals surface area contributed by atoms with Crippen LogP contribution in [0.5, 0.6) is 0 Å². The molecule has 0 aliphatic rings. The minimum Gasteiger partial charge on any atom is -0.480 e. The Bertz CT molecular complexity index is 380. The van der Waals surface area contributed by atoms with Crippen molar-refractivity contribution in [2.75, 3.05) is 40.3 Å². The number of hydrogen-bond donors (Lipinski definition) is 2. The molecule has 0 bridgehead atoms. The molecule has 9 heteroatoms. The van der Waals surface area contributed by atoms with Crippen molar-refractivity contribution in [1.29, 1.82) is 0 Å². The molecule has 0 rings (SSSR count). The fourth-order valence-corrected chi connectivity index (χ4v) is 1.36. The number of primary amides is 1. The van der Waals surface area contributed by atoms with Crippen LogP contribution in [0.3, 0.4) is 0 Å². The highest BCUT2D eigenvalue weighted by molar-refractivity contribution is 5.88. The van der Waals surface area contributed by atoms with Gasteiger partial charge in [-0.15, -0.1) is 0 Å². The molecule has 3 N–H and O–H groups in total. The van der Waals surface area contributed by atoms with Crippen molar-refractivity contribution < 1.29 is 24.3 Å². The third-order valence-corrected chi connectivity index (χ3v) is 2.42. The van der Waals surface area contributed by atoms with E-state index in [4.69, 9.17) is 10.8 Å². The summed E-state index contributed by atoms with van der Waals surface area (Å²) in [6.07, 6.45) is 0. The minimum atomic E-state index is -1.27. The molecule has 0 fully saturated rings. The van der Waals surface area contributed by atoms with Gasteiger partial charge in [0.2, 0.25) is 11.8 Å². The van der Waals surface area contributed by atoms with Gasteiger partial charge >= 0.3 is 12.0 Å². The number of carbonyl (C=O) groups is 4. The molecule has 0 unspecified atom stereocenters. The topological polar surface area (TPSA) is 124 Å². The Kier molecular flexibility index (Phi) is 7.05. The van der Waals surface area contributed by atoms with Crippen LogP contribution in [0.4, 0.5) is 4.79 Å². The number of nitrogens with two attached hydrogens (primary N) is 1. The van der Waals surface area contributed by atoms with Gasteiger partial charge in [-0.3, -0.25) is 14.4 Å². The molecule has 0 atom stereocenters. The average Bonchev–Trinajstić information content (AvgIpc) is 2.32. The van der Waals surface area contributed by atoms with E-state index in [0.29, 0.717) is 0 Å². The summed E-state index contributed by atoms with van der Waals surface area (Å²) in [5, 5.41) is 8.73. The zero-order valence-corrected chi connectivity index (χ0v) is 11.8. The summed E-state index contributed by atoms with van der Waals surface area (Å²) < 4.78 is 0. The standard InChI is InChI=1S/C11H20N4O5/c1-4-14(6-9(17)13(2)3)11(20)15(5-8(12)16)7-10(18)19/h4-7H2,1-3H3,(H2,12,16)(H,18,19). The second kappa shape index (κ2) is 7.97. The lowest BCUT2D eigenvalue weighted by atomic mass is 10.4. The third-order valence-electron chi connectivity index (χ3n) is 2.42. The number of likely N-dealkylation sites (N-methyl/N-ethyl adjacent to an activating group) is 2. The number of carbonyl (C=O) groups excluding carboxylic acids is 3. The molecule has 114 valence electrons. The Labute approximate surface area is 116 Å². The summed E-state index contributed by atoms with van der Waals surface area (Å²) in [4.78, 5) is 48.5. The van der Waals surface area contributed by atoms with Crippen molar-refractivity contribution in [2.24, 2.45) is 5.73 Å². The van der Waals surface area contributed by atoms with Gasteiger partial charge in [0.15, 0.2) is 0 Å². The summed E-state index contributed by atoms with van der Waals surface area (Å²) in [5.74, 6) is -2.40. The summed E-state index contributed by atoms with van der Waals surface area (Å²) >= 11 is 0. The van der Waals surface area contributed by atoms with Crippen molar-refractivity contribution >= 4 is 23.8 Å². The summed E-state index contributed by atoms with van der Waals surface area (Å²) in [5.41, 5.74) is 4.98. The van der Waals surface area contributed by atoms with E-state index < -0.39 is 31.0 Å². The molecule has 0 heterocycles. The van der Waals surface area contributed by atoms with Gasteiger partial charge in [-0.25, -0.2) is 4.79 Å². The first-order valence-corrected chi connectivity index (χ1v) is 5.93. The second-order valence-corrected chi connectivity index (χ2v) is 4.30. The Morgan fingerprint density at radius 1 is 1.00 bits per heavy atom. The zero-order chi connectivity index (χ0) is 15.9. The molecule has 0 aromatic heterocycles. The normalized spacial score (nSPS) is 9.75. The van der Waals surface area contributed by atoms with Crippen molar-refractivity contribution in [3.8, 4) is 0 Å². The maximum Gasteiger partial charge on any atom is 0.323 e. The Hall–Kier alpha value is -2.32. The molecule has 0 aromatic carbocycles. The van der Waals surface area contributed by atoms with Gasteiger partial charge in [0, 0.05) is 20.6 Å². The molecular formula is C11H20N4O5. The van der Waals surface area contributed by atoms with Crippen LogP contribution in [0.1, 0.15) is 6.92 Å². The van der Waals surface area contributed by atoms with Gasteiger partial charge in [-0.05, 0) is 6.92 Å². The first-order valence-electron chi connectivity index (χ1n) is 5.93. The Morgan fingerprint density at radius 2 is 1.55 bits per heavy atom. The summed E-state index contributed by atoms with van der Waals surface area (Å²) in [7, 11) is 3.08. The summed E-state index contributed by atoms with van der Waals surface area (Å²) in [6, 6.07) is -0.719. The molecular weight excluding hydrogens is 268 g/mol. The predicted molar refractivity (Wildman–Crippen MR) is 69.7 cm³/mol. The molecule has 0 aliphatic heterocycles. The van der Waals surface area contributed by atoms with E-state index in [1.54, 1.807) is 21.0 Å². The van der Waals surface area contributed by atoms with Gasteiger partial charge in [0.1, 0.15) is 19.6 Å². The molecule has 0 aliphatic carbocycles. The van der Waals surface area contributed by atoms with Crippen LogP contribution in [0.15, 0.2) is 0 Å². The number of nitrogens with zero attached hydrogens (tertiary/aromatic N) is 3. The fraction of sp³-hybridized carbons (Fsp3) is 0.636. The molecule has 9 nitrogen and oxygen atoms in total. The van der Waals surface area contributed by atoms with Gasteiger partial charge in [0.25, 0.3) is 0 Å². The highest BCUT2D eigenvalue weighted by Gasteiger charge is 2.25. The van der Waals surface area contributed by atoms with E-state index >= 15 is 0 Å². The maximum absolute atomic E-state index is 12.1. The van der Waals surface area contributed by atoms with Crippen LogP contribution in [0, 0.1) is 0 Å². The molecule has 0 saturated carbocycles. The van der Waals surface area contributed by atoms with E-state index in [0.717, 1.165) is 9.80 Å². The van der Waals surface area contributed by atoms with Crippen LogP contribution < -0.4 is 5.73 Å². The van der Waals surface area contributed by atoms with Crippen LogP contribution in [0.25, 0.3) is 0 Å². The van der Waals surface area contributed by atoms with Crippen molar-refractivity contribution in [3.63, 3.8) is 0 Å². The molecule has 0 saturated heterocycles. The van der Waals surface area contributed by atoms with Gasteiger partial charge in [0.05, 0.1) is 0 Å². The minimum absolute atomic E-state index is 0.197. The number of urea groups is 1. The van der Waals surface area contributed by atoms with Crippen LogP contribution in [-0.2, 0) is 14.4 Å². The molecule has 0 aromatic rings. The maximum atomic E-state index is 12.1. The molecule has 0 spiro atoms. The van der Waals surface area contributed by atoms with Crippen LogP contribution in [-0.4, -0.2) is 83.9 Å². The van der Waals surface area contributed by atoms with Crippen molar-refractivity contribution in [2.45, 2.75) is 6.92 Å². The number of rotatable bonds is 7. The lowest BCUT2D eigenvalue weighted by Gasteiger charge is -2.28. The first-order chi connectivity index (χ1) is 9.18. The lowest BCUT2D eigenvalue weighted by Crippen LogP contribution is -2.50. The largest absolute Gasteiger partial charge is 0.480 e. The molecule has 4 amide bonds. The van der Waals surface area contributed by atoms with Gasteiger partial charge in [-0.1, -0.05) is 0 Å². The highest BCUT2D eigenvalue weighted by atomic mass is 16.4. The average molecular weight is 288 g/mol. The monoisotopic (exact) mass is 288 g/mol. The highest BCUT2D eigenvalue weighted by Crippen LogP contribution is 2.00. The number of hydrogen-bond acceptors (Lipinski definition) is 4. The van der Waals surface area contributed by atoms with Gasteiger partial charge in [-0.2, -0.15) is 0 Å². The number of amides is 4. The summed E-state index contributed by atoms with van der Waals surface area (Å²) in [6.45, 7) is 0.473. The third kappa shape index (κ3) is 6.03. The lowest BCUT2D eigenvalue weighted by molar-refractivity contribution is -0.138. The number of carboxylic acid groups (broad SMARTS) is 1. The van der Waals surface area contributed by atoms with E-state index in [2.05, 4.69) is 0 Å². The van der Waals surface area contributed by atoms with Gasteiger partial charge < -0.3 is 25.5 Å². The smallest absolute Gasteiger partial charge is 0.323 e. The first kappa shape index (κ1) is 17.7. The quantitative estimate of drug-likeness (QED) is 0.583. The number of aliphatic carboxylic acids is 1. The van der Waals surface area contributed by atoms with Crippen LogP contribution >= 0.6 is 0 Å². The van der Waals surface area contributed by atoms with Crippen LogP contribution in [0.2, 0.25) is 0 Å².